The van der Waals surface area contributed by atoms with Crippen LogP contribution in [-0.4, -0.2) is 25.6 Å². The average molecular weight is 375 g/mol. The molecule has 0 aliphatic heterocycles. The molecule has 0 spiro atoms. The van der Waals surface area contributed by atoms with E-state index in [4.69, 9.17) is 0 Å². The summed E-state index contributed by atoms with van der Waals surface area (Å²) >= 11 is 1.20. The van der Waals surface area contributed by atoms with Crippen molar-refractivity contribution in [3.8, 4) is 11.3 Å². The molecule has 1 N–H and O–H groups in total. The summed E-state index contributed by atoms with van der Waals surface area (Å²) in [5, 5.41) is 19.7. The Morgan fingerprint density at radius 2 is 2.19 bits per heavy atom. The molecule has 0 unspecified atom stereocenters. The number of halogens is 1. The van der Waals surface area contributed by atoms with Gasteiger partial charge in [0.2, 0.25) is 5.91 Å². The molecule has 134 valence electrons. The third-order valence-electron chi connectivity index (χ3n) is 3.69. The zero-order valence-corrected chi connectivity index (χ0v) is 14.7. The van der Waals surface area contributed by atoms with Gasteiger partial charge in [-0.2, -0.15) is 5.10 Å². The second kappa shape index (κ2) is 7.00. The first-order valence-electron chi connectivity index (χ1n) is 7.55. The number of anilines is 1. The van der Waals surface area contributed by atoms with Crippen molar-refractivity contribution < 1.29 is 14.1 Å². The molecule has 2 aromatic heterocycles. The van der Waals surface area contributed by atoms with E-state index >= 15 is 0 Å². The molecule has 3 aromatic rings. The van der Waals surface area contributed by atoms with Gasteiger partial charge in [-0.05, 0) is 26.0 Å². The number of aryl methyl sites for hydroxylation is 1. The van der Waals surface area contributed by atoms with E-state index in [-0.39, 0.29) is 23.7 Å². The summed E-state index contributed by atoms with van der Waals surface area (Å²) in [7, 11) is 0. The van der Waals surface area contributed by atoms with Crippen LogP contribution in [0.3, 0.4) is 0 Å². The van der Waals surface area contributed by atoms with Crippen molar-refractivity contribution in [2.45, 2.75) is 20.4 Å². The highest BCUT2D eigenvalue weighted by atomic mass is 32.1. The van der Waals surface area contributed by atoms with Crippen LogP contribution >= 0.6 is 11.3 Å². The number of rotatable bonds is 5. The van der Waals surface area contributed by atoms with Crippen molar-refractivity contribution in [1.29, 1.82) is 0 Å². The molecule has 0 saturated carbocycles. The topological polar surface area (TPSA) is 103 Å². The molecule has 1 amide bonds. The van der Waals surface area contributed by atoms with Gasteiger partial charge in [0.25, 0.3) is 0 Å². The minimum atomic E-state index is -0.516. The largest absolute Gasteiger partial charge is 0.312 e. The first-order valence-corrected chi connectivity index (χ1v) is 8.43. The molecule has 0 aliphatic carbocycles. The highest BCUT2D eigenvalue weighted by molar-refractivity contribution is 7.14. The Balaban J connectivity index is 1.72. The first kappa shape index (κ1) is 17.7. The van der Waals surface area contributed by atoms with E-state index in [9.17, 15) is 19.3 Å². The van der Waals surface area contributed by atoms with Gasteiger partial charge >= 0.3 is 5.69 Å². The van der Waals surface area contributed by atoms with Crippen molar-refractivity contribution in [2.75, 3.05) is 5.32 Å². The lowest BCUT2D eigenvalue weighted by molar-refractivity contribution is -0.386. The monoisotopic (exact) mass is 375 g/mol. The number of carbonyl (C=O) groups is 1. The highest BCUT2D eigenvalue weighted by Gasteiger charge is 2.23. The van der Waals surface area contributed by atoms with Crippen LogP contribution in [0.4, 0.5) is 15.2 Å². The molecule has 10 heteroatoms. The van der Waals surface area contributed by atoms with Crippen molar-refractivity contribution >= 4 is 28.1 Å². The summed E-state index contributed by atoms with van der Waals surface area (Å²) in [6, 6.07) is 6.00. The number of hydrogen-bond acceptors (Lipinski definition) is 6. The van der Waals surface area contributed by atoms with Crippen molar-refractivity contribution in [1.82, 2.24) is 14.8 Å². The predicted octanol–water partition coefficient (Wildman–Crippen LogP) is 3.31. The Kier molecular flexibility index (Phi) is 4.76. The van der Waals surface area contributed by atoms with Crippen LogP contribution in [0.15, 0.2) is 29.6 Å². The van der Waals surface area contributed by atoms with E-state index < -0.39 is 10.8 Å². The van der Waals surface area contributed by atoms with Crippen LogP contribution in [0, 0.1) is 29.8 Å². The number of aromatic nitrogens is 3. The van der Waals surface area contributed by atoms with Crippen LogP contribution < -0.4 is 5.32 Å². The van der Waals surface area contributed by atoms with E-state index in [1.54, 1.807) is 17.5 Å². The Morgan fingerprint density at radius 1 is 1.42 bits per heavy atom. The van der Waals surface area contributed by atoms with E-state index in [1.165, 1.54) is 42.0 Å². The number of carbonyl (C=O) groups excluding carboxylic acids is 1. The zero-order valence-electron chi connectivity index (χ0n) is 13.9. The second-order valence-electron chi connectivity index (χ2n) is 5.53. The maximum absolute atomic E-state index is 13.3. The van der Waals surface area contributed by atoms with Crippen LogP contribution in [0.5, 0.6) is 0 Å². The fraction of sp³-hybridized carbons (Fsp3) is 0.188. The highest BCUT2D eigenvalue weighted by Crippen LogP contribution is 2.26. The molecule has 2 heterocycles. The molecule has 0 atom stereocenters. The van der Waals surface area contributed by atoms with Gasteiger partial charge in [-0.3, -0.25) is 19.6 Å². The predicted molar refractivity (Wildman–Crippen MR) is 94.5 cm³/mol. The quantitative estimate of drug-likeness (QED) is 0.544. The molecular weight excluding hydrogens is 361 g/mol. The van der Waals surface area contributed by atoms with Crippen LogP contribution in [0.25, 0.3) is 11.3 Å². The Hall–Kier alpha value is -3.14. The van der Waals surface area contributed by atoms with Crippen molar-refractivity contribution in [3.05, 3.63) is 57.0 Å². The Morgan fingerprint density at radius 3 is 2.85 bits per heavy atom. The minimum absolute atomic E-state index is 0.0968. The Bertz CT molecular complexity index is 998. The summed E-state index contributed by atoms with van der Waals surface area (Å²) in [4.78, 5) is 26.9. The van der Waals surface area contributed by atoms with Crippen LogP contribution in [0.1, 0.15) is 11.4 Å². The van der Waals surface area contributed by atoms with Gasteiger partial charge in [0.1, 0.15) is 23.7 Å². The molecule has 0 aliphatic rings. The lowest BCUT2D eigenvalue weighted by Gasteiger charge is -2.03. The average Bonchev–Trinajstić information content (AvgIpc) is 3.12. The third kappa shape index (κ3) is 3.59. The number of nitro groups is 1. The molecule has 3 rings (SSSR count). The minimum Gasteiger partial charge on any atom is -0.300 e. The van der Waals surface area contributed by atoms with E-state index in [1.807, 2.05) is 0 Å². The van der Waals surface area contributed by atoms with Gasteiger partial charge in [-0.1, -0.05) is 12.1 Å². The normalized spacial score (nSPS) is 10.7. The number of amides is 1. The van der Waals surface area contributed by atoms with E-state index in [2.05, 4.69) is 15.4 Å². The molecular formula is C16H14FN5O3S. The zero-order chi connectivity index (χ0) is 18.8. The maximum Gasteiger partial charge on any atom is 0.312 e. The Labute approximate surface area is 151 Å². The fourth-order valence-electron chi connectivity index (χ4n) is 2.51. The molecule has 0 saturated heterocycles. The lowest BCUT2D eigenvalue weighted by Crippen LogP contribution is -2.20. The van der Waals surface area contributed by atoms with Crippen molar-refractivity contribution in [2.24, 2.45) is 0 Å². The molecule has 0 fully saturated rings. The fourth-order valence-corrected chi connectivity index (χ4v) is 3.25. The first-order chi connectivity index (χ1) is 12.3. The van der Waals surface area contributed by atoms with E-state index in [0.717, 1.165) is 0 Å². The molecule has 0 radical (unpaired) electrons. The second-order valence-corrected chi connectivity index (χ2v) is 6.39. The smallest absolute Gasteiger partial charge is 0.300 e. The van der Waals surface area contributed by atoms with Gasteiger partial charge in [0.05, 0.1) is 10.6 Å². The number of nitrogens with one attached hydrogen (secondary N) is 1. The van der Waals surface area contributed by atoms with Gasteiger partial charge < -0.3 is 5.32 Å². The summed E-state index contributed by atoms with van der Waals surface area (Å²) in [5.74, 6) is -0.780. The SMILES string of the molecule is Cc1nn(CC(=O)Nc2nc(-c3cccc(F)c3)cs2)c(C)c1[N+](=O)[O-]. The third-order valence-corrected chi connectivity index (χ3v) is 4.45. The number of hydrogen-bond donors (Lipinski definition) is 1. The van der Waals surface area contributed by atoms with Crippen molar-refractivity contribution in [3.63, 3.8) is 0 Å². The van der Waals surface area contributed by atoms with Gasteiger partial charge in [-0.15, -0.1) is 11.3 Å². The standard InChI is InChI=1S/C16H14FN5O3S/c1-9-15(22(24)25)10(2)21(20-9)7-14(23)19-16-18-13(8-26-16)11-4-3-5-12(17)6-11/h3-6,8H,7H2,1-2H3,(H,18,19,23). The van der Waals surface area contributed by atoms with Gasteiger partial charge in [-0.25, -0.2) is 9.37 Å². The molecule has 8 nitrogen and oxygen atoms in total. The van der Waals surface area contributed by atoms with Crippen LogP contribution in [-0.2, 0) is 11.3 Å². The summed E-state index contributed by atoms with van der Waals surface area (Å²) < 4.78 is 14.6. The van der Waals surface area contributed by atoms with E-state index in [0.29, 0.717) is 22.1 Å². The van der Waals surface area contributed by atoms with Gasteiger partial charge in [0, 0.05) is 10.9 Å². The molecule has 1 aromatic carbocycles. The van der Waals surface area contributed by atoms with Crippen LogP contribution in [0.2, 0.25) is 0 Å². The summed E-state index contributed by atoms with van der Waals surface area (Å²) in [5.41, 5.74) is 1.62. The number of benzene rings is 1. The lowest BCUT2D eigenvalue weighted by atomic mass is 10.2. The summed E-state index contributed by atoms with van der Waals surface area (Å²) in [6.45, 7) is 2.89. The van der Waals surface area contributed by atoms with Gasteiger partial charge in [0.15, 0.2) is 5.13 Å². The number of thiazole rings is 1. The molecule has 26 heavy (non-hydrogen) atoms. The summed E-state index contributed by atoms with van der Waals surface area (Å²) in [6.07, 6.45) is 0. The molecule has 0 bridgehead atoms. The maximum atomic E-state index is 13.3. The number of nitrogens with zero attached hydrogens (tertiary/aromatic N) is 4.